The molecule has 0 aromatic carbocycles. The predicted octanol–water partition coefficient (Wildman–Crippen LogP) is -0.356. The van der Waals surface area contributed by atoms with E-state index in [1.807, 2.05) is 0 Å². The molecule has 0 saturated carbocycles. The van der Waals surface area contributed by atoms with Crippen LogP contribution in [0, 0.1) is 0 Å². The van der Waals surface area contributed by atoms with Gasteiger partial charge in [0.1, 0.15) is 0 Å². The molecule has 1 amide bonds. The van der Waals surface area contributed by atoms with Crippen molar-refractivity contribution in [3.8, 4) is 0 Å². The number of nitrogens with one attached hydrogen (secondary N) is 1. The van der Waals surface area contributed by atoms with E-state index in [2.05, 4.69) is 5.32 Å². The number of carbonyl (C=O) groups excluding carboxylic acids is 1. The molecule has 0 bridgehead atoms. The van der Waals surface area contributed by atoms with Gasteiger partial charge in [0.25, 0.3) is 0 Å². The summed E-state index contributed by atoms with van der Waals surface area (Å²) in [6, 6.07) is 0. The van der Waals surface area contributed by atoms with Gasteiger partial charge >= 0.3 is 0 Å². The molecule has 0 atom stereocenters. The molecule has 0 aliphatic rings. The van der Waals surface area contributed by atoms with Crippen LogP contribution in [0.25, 0.3) is 0 Å². The van der Waals surface area contributed by atoms with Crippen LogP contribution >= 0.6 is 12.4 Å². The molecular weight excluding hydrogens is 180 g/mol. The van der Waals surface area contributed by atoms with Gasteiger partial charge in [-0.3, -0.25) is 4.79 Å². The van der Waals surface area contributed by atoms with Crippen LogP contribution < -0.4 is 11.1 Å². The number of nitrogens with two attached hydrogens (primary N) is 1. The van der Waals surface area contributed by atoms with Crippen LogP contribution in [-0.4, -0.2) is 29.7 Å². The molecule has 0 aliphatic carbocycles. The lowest BCUT2D eigenvalue weighted by Crippen LogP contribution is -2.46. The van der Waals surface area contributed by atoms with E-state index in [1.165, 1.54) is 0 Å². The van der Waals surface area contributed by atoms with Crippen LogP contribution in [0.2, 0.25) is 0 Å². The predicted molar refractivity (Wildman–Crippen MR) is 50.2 cm³/mol. The fraction of sp³-hybridized carbons (Fsp3) is 0.857. The monoisotopic (exact) mass is 196 g/mol. The zero-order chi connectivity index (χ0) is 8.91. The van der Waals surface area contributed by atoms with E-state index in [0.29, 0.717) is 13.0 Å². The van der Waals surface area contributed by atoms with Crippen molar-refractivity contribution in [2.45, 2.75) is 25.8 Å². The topological polar surface area (TPSA) is 75.3 Å². The Morgan fingerprint density at radius 1 is 1.58 bits per heavy atom. The summed E-state index contributed by atoms with van der Waals surface area (Å²) in [4.78, 5) is 10.9. The maximum atomic E-state index is 10.9. The lowest BCUT2D eigenvalue weighted by Gasteiger charge is -2.23. The quantitative estimate of drug-likeness (QED) is 0.575. The minimum Gasteiger partial charge on any atom is -0.394 e. The van der Waals surface area contributed by atoms with Gasteiger partial charge in [0.05, 0.1) is 12.1 Å². The second-order valence-corrected chi connectivity index (χ2v) is 3.13. The summed E-state index contributed by atoms with van der Waals surface area (Å²) in [5.41, 5.74) is 4.63. The number of hydrogen-bond donors (Lipinski definition) is 3. The van der Waals surface area contributed by atoms with Gasteiger partial charge in [0, 0.05) is 13.0 Å². The fourth-order valence-electron chi connectivity index (χ4n) is 0.611. The second-order valence-electron chi connectivity index (χ2n) is 3.13. The van der Waals surface area contributed by atoms with Gasteiger partial charge in [0.15, 0.2) is 0 Å². The maximum Gasteiger partial charge on any atom is 0.221 e. The molecule has 0 saturated heterocycles. The van der Waals surface area contributed by atoms with Crippen molar-refractivity contribution in [1.29, 1.82) is 0 Å². The largest absolute Gasteiger partial charge is 0.394 e. The fourth-order valence-corrected chi connectivity index (χ4v) is 0.611. The molecular formula is C7H17ClN2O2. The molecule has 0 fully saturated rings. The first-order valence-corrected chi connectivity index (χ1v) is 3.64. The number of amides is 1. The highest BCUT2D eigenvalue weighted by Gasteiger charge is 2.17. The average Bonchev–Trinajstić information content (AvgIpc) is 1.87. The van der Waals surface area contributed by atoms with Gasteiger partial charge in [-0.25, -0.2) is 0 Å². The normalized spacial score (nSPS) is 10.3. The van der Waals surface area contributed by atoms with Gasteiger partial charge < -0.3 is 16.2 Å². The summed E-state index contributed by atoms with van der Waals surface area (Å²) in [5.74, 6) is -0.119. The van der Waals surface area contributed by atoms with E-state index < -0.39 is 5.54 Å². The number of aliphatic hydroxyl groups excluding tert-OH is 1. The first kappa shape index (κ1) is 14.2. The Morgan fingerprint density at radius 3 is 2.42 bits per heavy atom. The molecule has 0 aromatic heterocycles. The van der Waals surface area contributed by atoms with Gasteiger partial charge in [0.2, 0.25) is 5.91 Å². The SMILES string of the molecule is CC(C)(CO)NC(=O)CCN.Cl. The standard InChI is InChI=1S/C7H16N2O2.ClH/c1-7(2,5-10)9-6(11)3-4-8;/h10H,3-5,8H2,1-2H3,(H,9,11);1H. The van der Waals surface area contributed by atoms with Crippen LogP contribution in [0.3, 0.4) is 0 Å². The zero-order valence-corrected chi connectivity index (χ0v) is 8.28. The van der Waals surface area contributed by atoms with Gasteiger partial charge in [-0.1, -0.05) is 0 Å². The van der Waals surface area contributed by atoms with Crippen molar-refractivity contribution >= 4 is 18.3 Å². The lowest BCUT2D eigenvalue weighted by atomic mass is 10.1. The molecule has 4 nitrogen and oxygen atoms in total. The molecule has 5 heteroatoms. The Kier molecular flexibility index (Phi) is 7.37. The minimum absolute atomic E-state index is 0. The third-order valence-electron chi connectivity index (χ3n) is 1.24. The average molecular weight is 197 g/mol. The Labute approximate surface area is 78.9 Å². The summed E-state index contributed by atoms with van der Waals surface area (Å²) in [5, 5.41) is 11.4. The molecule has 4 N–H and O–H groups in total. The van der Waals surface area contributed by atoms with Crippen LogP contribution in [0.4, 0.5) is 0 Å². The summed E-state index contributed by atoms with van der Waals surface area (Å²) < 4.78 is 0. The van der Waals surface area contributed by atoms with E-state index in [-0.39, 0.29) is 24.9 Å². The second kappa shape index (κ2) is 6.22. The molecule has 74 valence electrons. The number of hydrogen-bond acceptors (Lipinski definition) is 3. The molecule has 0 radical (unpaired) electrons. The van der Waals surface area contributed by atoms with Crippen molar-refractivity contribution < 1.29 is 9.90 Å². The van der Waals surface area contributed by atoms with Crippen molar-refractivity contribution in [1.82, 2.24) is 5.32 Å². The zero-order valence-electron chi connectivity index (χ0n) is 7.46. The van der Waals surface area contributed by atoms with Gasteiger partial charge in [-0.15, -0.1) is 12.4 Å². The first-order valence-electron chi connectivity index (χ1n) is 3.64. The van der Waals surface area contributed by atoms with E-state index in [9.17, 15) is 4.79 Å². The van der Waals surface area contributed by atoms with E-state index >= 15 is 0 Å². The van der Waals surface area contributed by atoms with Gasteiger partial charge in [-0.2, -0.15) is 0 Å². The molecule has 0 heterocycles. The number of aliphatic hydroxyl groups is 1. The third-order valence-corrected chi connectivity index (χ3v) is 1.24. The van der Waals surface area contributed by atoms with Crippen molar-refractivity contribution in [2.24, 2.45) is 5.73 Å². The summed E-state index contributed by atoms with van der Waals surface area (Å²) in [6.07, 6.45) is 0.309. The van der Waals surface area contributed by atoms with E-state index in [4.69, 9.17) is 10.8 Å². The molecule has 12 heavy (non-hydrogen) atoms. The van der Waals surface area contributed by atoms with E-state index in [1.54, 1.807) is 13.8 Å². The summed E-state index contributed by atoms with van der Waals surface area (Å²) in [6.45, 7) is 3.78. The van der Waals surface area contributed by atoms with Crippen molar-refractivity contribution in [3.05, 3.63) is 0 Å². The van der Waals surface area contributed by atoms with E-state index in [0.717, 1.165) is 0 Å². The minimum atomic E-state index is -0.535. The van der Waals surface area contributed by atoms with Gasteiger partial charge in [-0.05, 0) is 13.8 Å². The van der Waals surface area contributed by atoms with Crippen LogP contribution in [0.1, 0.15) is 20.3 Å². The number of carbonyl (C=O) groups is 1. The number of halogens is 1. The third kappa shape index (κ3) is 6.39. The lowest BCUT2D eigenvalue weighted by molar-refractivity contribution is -0.122. The van der Waals surface area contributed by atoms with Crippen molar-refractivity contribution in [2.75, 3.05) is 13.2 Å². The molecule has 0 aromatic rings. The Bertz CT molecular complexity index is 139. The molecule has 0 spiro atoms. The molecule has 0 rings (SSSR count). The highest BCUT2D eigenvalue weighted by Crippen LogP contribution is 1.99. The summed E-state index contributed by atoms with van der Waals surface area (Å²) in [7, 11) is 0. The highest BCUT2D eigenvalue weighted by atomic mass is 35.5. The highest BCUT2D eigenvalue weighted by molar-refractivity contribution is 5.85. The Hall–Kier alpha value is -0.320. The van der Waals surface area contributed by atoms with Crippen LogP contribution in [-0.2, 0) is 4.79 Å². The Balaban J connectivity index is 0. The molecule has 0 aliphatic heterocycles. The maximum absolute atomic E-state index is 10.9. The van der Waals surface area contributed by atoms with Crippen LogP contribution in [0.15, 0.2) is 0 Å². The molecule has 0 unspecified atom stereocenters. The van der Waals surface area contributed by atoms with Crippen molar-refractivity contribution in [3.63, 3.8) is 0 Å². The first-order chi connectivity index (χ1) is 5.02. The smallest absolute Gasteiger partial charge is 0.221 e. The number of rotatable bonds is 4. The Morgan fingerprint density at radius 2 is 2.08 bits per heavy atom. The van der Waals surface area contributed by atoms with Crippen LogP contribution in [0.5, 0.6) is 0 Å². The summed E-state index contributed by atoms with van der Waals surface area (Å²) >= 11 is 0.